The van der Waals surface area contributed by atoms with Gasteiger partial charge in [-0.05, 0) is 50.2 Å². The van der Waals surface area contributed by atoms with Crippen LogP contribution in [0, 0.1) is 0 Å². The van der Waals surface area contributed by atoms with Gasteiger partial charge in [-0.25, -0.2) is 4.68 Å². The number of carbonyl (C=O) groups is 2. The Labute approximate surface area is 158 Å². The van der Waals surface area contributed by atoms with Gasteiger partial charge < -0.3 is 16.0 Å². The molecule has 1 saturated heterocycles. The summed E-state index contributed by atoms with van der Waals surface area (Å²) in [4.78, 5) is 24.0. The van der Waals surface area contributed by atoms with Gasteiger partial charge in [0.1, 0.15) is 6.54 Å². The molecule has 0 spiro atoms. The van der Waals surface area contributed by atoms with Crippen LogP contribution in [0.1, 0.15) is 39.7 Å². The van der Waals surface area contributed by atoms with Crippen molar-refractivity contribution in [2.45, 2.75) is 25.1 Å². The third kappa shape index (κ3) is 5.28. The molecule has 1 aromatic heterocycles. The number of alkyl halides is 3. The maximum Gasteiger partial charge on any atom is 0.405 e. The van der Waals surface area contributed by atoms with Crippen molar-refractivity contribution in [2.24, 2.45) is 0 Å². The highest BCUT2D eigenvalue weighted by molar-refractivity contribution is 6.03. The fourth-order valence-electron chi connectivity index (χ4n) is 2.81. The highest BCUT2D eigenvalue weighted by Gasteiger charge is 2.27. The molecule has 0 saturated carbocycles. The van der Waals surface area contributed by atoms with Crippen LogP contribution >= 0.6 is 0 Å². The van der Waals surface area contributed by atoms with E-state index in [1.165, 1.54) is 24.3 Å². The third-order valence-electron chi connectivity index (χ3n) is 4.28. The summed E-state index contributed by atoms with van der Waals surface area (Å²) in [5, 5.41) is 15.6. The summed E-state index contributed by atoms with van der Waals surface area (Å²) in [7, 11) is 0. The predicted molar refractivity (Wildman–Crippen MR) is 93.9 cm³/mol. The first-order chi connectivity index (χ1) is 13.3. The number of benzene rings is 1. The van der Waals surface area contributed by atoms with Gasteiger partial charge >= 0.3 is 6.18 Å². The van der Waals surface area contributed by atoms with Gasteiger partial charge in [-0.3, -0.25) is 9.59 Å². The van der Waals surface area contributed by atoms with Crippen molar-refractivity contribution in [1.82, 2.24) is 25.6 Å². The average Bonchev–Trinajstić information content (AvgIpc) is 3.17. The second-order valence-electron chi connectivity index (χ2n) is 6.39. The van der Waals surface area contributed by atoms with Crippen molar-refractivity contribution < 1.29 is 22.8 Å². The minimum absolute atomic E-state index is 0.0547. The number of nitrogens with zero attached hydrogens (tertiary/aromatic N) is 3. The summed E-state index contributed by atoms with van der Waals surface area (Å²) in [5.41, 5.74) is 0.596. The van der Waals surface area contributed by atoms with Crippen LogP contribution in [0.3, 0.4) is 0 Å². The van der Waals surface area contributed by atoms with Crippen LogP contribution in [0.5, 0.6) is 0 Å². The molecule has 0 aliphatic carbocycles. The topological polar surface area (TPSA) is 101 Å². The molecule has 2 amide bonds. The zero-order valence-electron chi connectivity index (χ0n) is 14.8. The molecule has 0 atom stereocenters. The van der Waals surface area contributed by atoms with E-state index in [4.69, 9.17) is 0 Å². The Morgan fingerprint density at radius 3 is 2.46 bits per heavy atom. The number of hydrogen-bond acceptors (Lipinski definition) is 5. The Morgan fingerprint density at radius 1 is 1.14 bits per heavy atom. The van der Waals surface area contributed by atoms with Crippen LogP contribution in [-0.2, 0) is 0 Å². The van der Waals surface area contributed by atoms with Gasteiger partial charge in [0, 0.05) is 11.3 Å². The molecule has 2 heterocycles. The Kier molecular flexibility index (Phi) is 5.93. The van der Waals surface area contributed by atoms with Gasteiger partial charge in [0.15, 0.2) is 5.69 Å². The van der Waals surface area contributed by atoms with E-state index < -0.39 is 24.5 Å². The van der Waals surface area contributed by atoms with Gasteiger partial charge in [-0.15, -0.1) is 5.10 Å². The summed E-state index contributed by atoms with van der Waals surface area (Å²) >= 11 is 0. The lowest BCUT2D eigenvalue weighted by atomic mass is 10.1. The first kappa shape index (κ1) is 19.8. The highest BCUT2D eigenvalue weighted by Crippen LogP contribution is 2.18. The normalized spacial score (nSPS) is 15.2. The van der Waals surface area contributed by atoms with E-state index in [-0.39, 0.29) is 17.3 Å². The number of rotatable bonds is 5. The SMILES string of the molecule is O=C(NCC(F)(F)F)c1ccc(NC(=O)c2cn(C3CCNCC3)nn2)cc1. The van der Waals surface area contributed by atoms with E-state index in [9.17, 15) is 22.8 Å². The number of piperidine rings is 1. The lowest BCUT2D eigenvalue weighted by Crippen LogP contribution is -2.33. The van der Waals surface area contributed by atoms with E-state index in [1.54, 1.807) is 16.2 Å². The van der Waals surface area contributed by atoms with Crippen LogP contribution in [0.4, 0.5) is 18.9 Å². The maximum absolute atomic E-state index is 12.3. The Hall–Kier alpha value is -2.95. The van der Waals surface area contributed by atoms with E-state index in [0.29, 0.717) is 5.69 Å². The molecule has 3 rings (SSSR count). The third-order valence-corrected chi connectivity index (χ3v) is 4.28. The highest BCUT2D eigenvalue weighted by atomic mass is 19.4. The number of halogens is 3. The van der Waals surface area contributed by atoms with E-state index in [0.717, 1.165) is 25.9 Å². The minimum atomic E-state index is -4.48. The second kappa shape index (κ2) is 8.38. The molecule has 28 heavy (non-hydrogen) atoms. The molecular formula is C17H19F3N6O2. The molecule has 0 unspecified atom stereocenters. The Balaban J connectivity index is 1.57. The fourth-order valence-corrected chi connectivity index (χ4v) is 2.81. The van der Waals surface area contributed by atoms with Crippen molar-refractivity contribution in [3.05, 3.63) is 41.7 Å². The first-order valence-corrected chi connectivity index (χ1v) is 8.71. The monoisotopic (exact) mass is 396 g/mol. The van der Waals surface area contributed by atoms with E-state index in [1.807, 2.05) is 0 Å². The second-order valence-corrected chi connectivity index (χ2v) is 6.39. The van der Waals surface area contributed by atoms with Crippen LogP contribution in [0.2, 0.25) is 0 Å². The summed E-state index contributed by atoms with van der Waals surface area (Å²) in [6.45, 7) is 0.362. The Bertz CT molecular complexity index is 828. The van der Waals surface area contributed by atoms with Gasteiger partial charge in [0.25, 0.3) is 11.8 Å². The Morgan fingerprint density at radius 2 is 1.82 bits per heavy atom. The van der Waals surface area contributed by atoms with Gasteiger partial charge in [0.05, 0.1) is 12.2 Å². The van der Waals surface area contributed by atoms with Crippen molar-refractivity contribution in [3.8, 4) is 0 Å². The maximum atomic E-state index is 12.3. The minimum Gasteiger partial charge on any atom is -0.343 e. The first-order valence-electron chi connectivity index (χ1n) is 8.71. The standard InChI is InChI=1S/C17H19F3N6O2/c18-17(19,20)10-22-15(27)11-1-3-12(4-2-11)23-16(28)14-9-26(25-24-14)13-5-7-21-8-6-13/h1-4,9,13,21H,5-8,10H2,(H,22,27)(H,23,28). The van der Waals surface area contributed by atoms with Crippen LogP contribution in [0.15, 0.2) is 30.5 Å². The molecule has 1 fully saturated rings. The molecule has 1 aliphatic rings. The molecule has 11 heteroatoms. The number of hydrogen-bond donors (Lipinski definition) is 3. The number of carbonyl (C=O) groups excluding carboxylic acids is 2. The summed E-state index contributed by atoms with van der Waals surface area (Å²) in [6, 6.07) is 5.71. The number of nitrogens with one attached hydrogen (secondary N) is 3. The quantitative estimate of drug-likeness (QED) is 0.715. The average molecular weight is 396 g/mol. The summed E-state index contributed by atoms with van der Waals surface area (Å²) < 4.78 is 38.1. The van der Waals surface area contributed by atoms with E-state index >= 15 is 0 Å². The molecule has 2 aromatic rings. The van der Waals surface area contributed by atoms with Crippen molar-refractivity contribution in [1.29, 1.82) is 0 Å². The van der Waals surface area contributed by atoms with Gasteiger partial charge in [-0.1, -0.05) is 5.21 Å². The number of anilines is 1. The smallest absolute Gasteiger partial charge is 0.343 e. The van der Waals surface area contributed by atoms with Gasteiger partial charge in [0.2, 0.25) is 0 Å². The molecule has 3 N–H and O–H groups in total. The predicted octanol–water partition coefficient (Wildman–Crippen LogP) is 1.75. The molecule has 0 bridgehead atoms. The van der Waals surface area contributed by atoms with E-state index in [2.05, 4.69) is 20.9 Å². The lowest BCUT2D eigenvalue weighted by Gasteiger charge is -2.22. The zero-order valence-corrected chi connectivity index (χ0v) is 14.8. The van der Waals surface area contributed by atoms with Crippen molar-refractivity contribution in [2.75, 3.05) is 25.0 Å². The van der Waals surface area contributed by atoms with Crippen LogP contribution in [0.25, 0.3) is 0 Å². The van der Waals surface area contributed by atoms with Gasteiger partial charge in [-0.2, -0.15) is 13.2 Å². The van der Waals surface area contributed by atoms with Crippen LogP contribution < -0.4 is 16.0 Å². The molecule has 1 aliphatic heterocycles. The molecular weight excluding hydrogens is 377 g/mol. The van der Waals surface area contributed by atoms with Crippen LogP contribution in [-0.4, -0.2) is 52.6 Å². The molecule has 8 nitrogen and oxygen atoms in total. The van der Waals surface area contributed by atoms with Crippen molar-refractivity contribution in [3.63, 3.8) is 0 Å². The lowest BCUT2D eigenvalue weighted by molar-refractivity contribution is -0.123. The number of amides is 2. The zero-order chi connectivity index (χ0) is 20.1. The summed E-state index contributed by atoms with van der Waals surface area (Å²) in [5.74, 6) is -1.31. The molecule has 150 valence electrons. The molecule has 0 radical (unpaired) electrons. The van der Waals surface area contributed by atoms with Crippen molar-refractivity contribution >= 4 is 17.5 Å². The largest absolute Gasteiger partial charge is 0.405 e. The molecule has 1 aromatic carbocycles. The fraction of sp³-hybridized carbons (Fsp3) is 0.412. The summed E-state index contributed by atoms with van der Waals surface area (Å²) in [6.07, 6.45) is -1.08. The number of aromatic nitrogens is 3.